The number of hydrogen-bond acceptors (Lipinski definition) is 18. The molecule has 10 N–H and O–H groups in total. The minimum atomic E-state index is -0.256. The van der Waals surface area contributed by atoms with Gasteiger partial charge in [-0.25, -0.2) is 22.0 Å². The predicted molar refractivity (Wildman–Crippen MR) is 598 cm³/mol. The standard InChI is InChI=1S/C25H29BrFN3O2.C25H30BrFN2O.C23H29BrFN3O.C23H26BrFN2O2.C22H26BrFN2O.CH4/c26-17-12-20-23(21(27)13-17)29-22(15-4-2-1-3-5-15)19-7-6-18(32-24(19)20)14-30-10-8-16(9-11-30)25(28)31;1-16-9-11-29(12-10-16)15-19-7-8-20-23(17-5-3-2-4-6-17)28-24-21(25(20)30-19)13-18(26)14-22(24)27;1-28(2)11-10-26-14-17-8-9-18-21(15-6-4-3-5-7-15)27-22-19(23(18)29-17)12-16(24)13-20(22)25;24-15-10-19-22(20(25)11-15)26-21(14-4-2-1-3-5-14)18-7-6-17(29-23(18)19)13-27-9-8-16(28)12-27;1-13(2)25-12-16-8-9-17-20(14-6-4-3-5-7-14)26-21-18(22(17)27-16)10-15(23)11-19(21)24;/h1-5,12-13,16,18-19,22,24,29H,6-11,14H2,(H2,28,31);2-6,13-14,16,19-20,23,25,28H,7-12,15H2,1H3;3-7,12-13,17-18,21,23,26-27H,8-11,14H2,1-2H3;1-5,10-11,16-18,21,23,26,28H,6-9,12-13H2;3-7,10-11,13,16-17,20,22,25-26H,8-9,12H2,1-2H3;1H4/t18-,19+,22+,24+;19-,20+,23+,25+;17-,18+,21+,23+;16-,17-,18+,21+,23+;16-,17+,20+,22+;/m11111./s1. The first-order valence-electron chi connectivity index (χ1n) is 53.2. The van der Waals surface area contributed by atoms with Gasteiger partial charge in [0.2, 0.25) is 5.91 Å². The van der Waals surface area contributed by atoms with Gasteiger partial charge in [0.25, 0.3) is 0 Å². The maximum atomic E-state index is 15.0. The maximum Gasteiger partial charge on any atom is 0.220 e. The van der Waals surface area contributed by atoms with Crippen LogP contribution in [0.2, 0.25) is 0 Å². The maximum absolute atomic E-state index is 15.0. The number of benzene rings is 10. The summed E-state index contributed by atoms with van der Waals surface area (Å²) < 4.78 is 111. The van der Waals surface area contributed by atoms with E-state index >= 15 is 0 Å². The number of amides is 1. The summed E-state index contributed by atoms with van der Waals surface area (Å²) in [4.78, 5) is 20.9. The SMILES string of the molecule is C.CC(C)NC[C@H]1CC[C@@H]2[C@H](O1)c1cc(Br)cc(F)c1N[C@H]2c1ccccc1.CC1CCN(C[C@H]2CC[C@@H]3[C@H](O2)c2cc(Br)cc(F)c2N[C@H]3c2ccccc2)CC1.CN(C)CCNC[C@H]1CC[C@@H]2[C@H](O1)c1cc(Br)cc(F)c1N[C@H]2c1ccccc1.NC(=O)C1CCN(C[C@H]2CC[C@@H]3[C@H](O2)c2cc(Br)cc(F)c2N[C@H]3c2ccccc2)CC1.O[C@@H]1CCN(C[C@H]2CC[C@@H]3[C@H](O2)c2cc(Br)cc(F)c2N[C@H]3c2ccccc2)C1. The van der Waals surface area contributed by atoms with E-state index in [1.165, 1.54) is 72.5 Å². The van der Waals surface area contributed by atoms with Crippen molar-refractivity contribution in [2.24, 2.45) is 47.2 Å². The minimum Gasteiger partial charge on any atom is -0.392 e. The Morgan fingerprint density at radius 1 is 0.385 bits per heavy atom. The fraction of sp³-hybridized carbons (Fsp3) is 0.487. The van der Waals surface area contributed by atoms with Gasteiger partial charge in [-0.3, -0.25) is 9.69 Å². The van der Waals surface area contributed by atoms with Gasteiger partial charge in [-0.2, -0.15) is 0 Å². The van der Waals surface area contributed by atoms with Crippen molar-refractivity contribution in [3.05, 3.63) is 319 Å². The molecule has 23 rings (SSSR count). The molecule has 8 fully saturated rings. The van der Waals surface area contributed by atoms with Crippen molar-refractivity contribution < 1.29 is 55.5 Å². The van der Waals surface area contributed by atoms with Gasteiger partial charge in [-0.1, -0.05) is 260 Å². The molecule has 148 heavy (non-hydrogen) atoms. The first-order valence-corrected chi connectivity index (χ1v) is 57.2. The van der Waals surface area contributed by atoms with Crippen molar-refractivity contribution in [2.45, 2.75) is 228 Å². The second kappa shape index (κ2) is 50.6. The molecule has 0 bridgehead atoms. The molecule has 0 spiro atoms. The van der Waals surface area contributed by atoms with Crippen LogP contribution in [0.1, 0.15) is 241 Å². The Labute approximate surface area is 912 Å². The van der Waals surface area contributed by atoms with Crippen molar-refractivity contribution in [3.63, 3.8) is 0 Å². The van der Waals surface area contributed by atoms with Crippen LogP contribution in [0.3, 0.4) is 0 Å². The Hall–Kier alpha value is -7.76. The number of primary amides is 1. The highest BCUT2D eigenvalue weighted by Gasteiger charge is 2.51. The Bertz CT molecular complexity index is 6060. The topological polar surface area (TPSA) is 207 Å². The number of fused-ring (bicyclic) bond motifs is 15. The fourth-order valence-electron chi connectivity index (χ4n) is 25.0. The molecule has 792 valence electrons. The van der Waals surface area contributed by atoms with Crippen molar-refractivity contribution in [2.75, 3.05) is 126 Å². The number of nitrogens with one attached hydrogen (secondary N) is 7. The summed E-state index contributed by atoms with van der Waals surface area (Å²) in [5, 5.41) is 34.3. The van der Waals surface area contributed by atoms with E-state index in [4.69, 9.17) is 29.4 Å². The summed E-state index contributed by atoms with van der Waals surface area (Å²) in [5.41, 5.74) is 18.8. The lowest BCUT2D eigenvalue weighted by atomic mass is 9.76. The van der Waals surface area contributed by atoms with Crippen molar-refractivity contribution in [1.82, 2.24) is 30.2 Å². The molecule has 13 aliphatic heterocycles. The second-order valence-electron chi connectivity index (χ2n) is 43.3. The normalized spacial score (nSPS) is 28.4. The number of hydrogen-bond donors (Lipinski definition) is 9. The lowest BCUT2D eigenvalue weighted by molar-refractivity contribution is -0.124. The number of carbonyl (C=O) groups is 1. The molecule has 0 aromatic heterocycles. The van der Waals surface area contributed by atoms with Crippen LogP contribution >= 0.6 is 79.6 Å². The van der Waals surface area contributed by atoms with Crippen LogP contribution in [0.25, 0.3) is 0 Å². The van der Waals surface area contributed by atoms with Gasteiger partial charge in [0.1, 0.15) is 29.1 Å². The van der Waals surface area contributed by atoms with Gasteiger partial charge >= 0.3 is 0 Å². The molecule has 10 aromatic rings. The number of aliphatic hydroxyl groups excluding tert-OH is 1. The zero-order valence-electron chi connectivity index (χ0n) is 84.4. The van der Waals surface area contributed by atoms with Crippen molar-refractivity contribution in [1.29, 1.82) is 0 Å². The van der Waals surface area contributed by atoms with E-state index in [9.17, 15) is 31.9 Å². The smallest absolute Gasteiger partial charge is 0.220 e. The van der Waals surface area contributed by atoms with Gasteiger partial charge in [-0.05, 0) is 231 Å². The lowest BCUT2D eigenvalue weighted by Gasteiger charge is -2.46. The third kappa shape index (κ3) is 26.4. The van der Waals surface area contributed by atoms with Gasteiger partial charge in [0, 0.05) is 151 Å². The van der Waals surface area contributed by atoms with Crippen LogP contribution in [0.15, 0.2) is 235 Å². The zero-order chi connectivity index (χ0) is 102. The molecule has 10 aromatic carbocycles. The monoisotopic (exact) mass is 2340 g/mol. The first kappa shape index (κ1) is 110. The molecular formula is C119H144Br5F5N12O7. The van der Waals surface area contributed by atoms with E-state index in [-0.39, 0.29) is 169 Å². The number of carbonyl (C=O) groups excluding carboxylic acids is 1. The van der Waals surface area contributed by atoms with Gasteiger partial charge < -0.3 is 86.4 Å². The fourth-order valence-corrected chi connectivity index (χ4v) is 27.2. The number of nitrogens with zero attached hydrogens (tertiary/aromatic N) is 4. The summed E-state index contributed by atoms with van der Waals surface area (Å²) in [7, 11) is 4.15. The van der Waals surface area contributed by atoms with Crippen LogP contribution in [0, 0.1) is 70.5 Å². The third-order valence-corrected chi connectivity index (χ3v) is 34.8. The van der Waals surface area contributed by atoms with Gasteiger partial charge in [0.05, 0.1) is 126 Å². The molecule has 29 heteroatoms. The van der Waals surface area contributed by atoms with Crippen LogP contribution in [0.5, 0.6) is 0 Å². The van der Waals surface area contributed by atoms with E-state index in [1.807, 2.05) is 109 Å². The Morgan fingerprint density at radius 2 is 0.649 bits per heavy atom. The molecule has 13 heterocycles. The molecule has 1 amide bonds. The highest BCUT2D eigenvalue weighted by atomic mass is 79.9. The molecule has 0 unspecified atom stereocenters. The molecule has 13 aliphatic rings. The summed E-state index contributed by atoms with van der Waals surface area (Å²) >= 11 is 17.3. The van der Waals surface area contributed by atoms with Crippen LogP contribution < -0.4 is 43.0 Å². The molecule has 0 radical (unpaired) electrons. The van der Waals surface area contributed by atoms with E-state index < -0.39 is 0 Å². The molecule has 19 nitrogen and oxygen atoms in total. The summed E-state index contributed by atoms with van der Waals surface area (Å²) in [6.07, 6.45) is 15.1. The number of piperidine rings is 2. The largest absolute Gasteiger partial charge is 0.392 e. The molecule has 8 saturated heterocycles. The summed E-state index contributed by atoms with van der Waals surface area (Å²) in [6, 6.07) is 69.9. The predicted octanol–water partition coefficient (Wildman–Crippen LogP) is 26.7. The number of ether oxygens (including phenoxy) is 5. The van der Waals surface area contributed by atoms with Crippen LogP contribution in [-0.2, 0) is 28.5 Å². The zero-order valence-corrected chi connectivity index (χ0v) is 92.3. The second-order valence-corrected chi connectivity index (χ2v) is 47.8. The number of β-amino-alcohol motifs (C(OH)–C–C–N with tert-alkyl or cyclic N) is 1. The summed E-state index contributed by atoms with van der Waals surface area (Å²) in [5.74, 6) is 0.791. The number of rotatable bonds is 20. The number of halogens is 10. The molecular weight excluding hydrogens is 2200 g/mol. The average molecular weight is 2350 g/mol. The Morgan fingerprint density at radius 3 is 0.919 bits per heavy atom. The lowest BCUT2D eigenvalue weighted by Crippen LogP contribution is -2.46. The number of likely N-dealkylation sites (N-methyl/N-ethyl adjacent to an activating group) is 1. The number of nitrogens with two attached hydrogens (primary N) is 1. The van der Waals surface area contributed by atoms with E-state index in [0.717, 1.165) is 217 Å². The minimum absolute atomic E-state index is 0. The Balaban J connectivity index is 0.000000121. The third-order valence-electron chi connectivity index (χ3n) is 32.5. The Kier molecular flexibility index (Phi) is 37.6. The van der Waals surface area contributed by atoms with Crippen LogP contribution in [0.4, 0.5) is 50.4 Å². The average Bonchev–Trinajstić information content (AvgIpc) is 0.841. The molecule has 21 atom stereocenters. The van der Waals surface area contributed by atoms with E-state index in [1.54, 1.807) is 6.07 Å². The van der Waals surface area contributed by atoms with Gasteiger partial charge in [-0.15, -0.1) is 0 Å². The van der Waals surface area contributed by atoms with Crippen LogP contribution in [-0.4, -0.2) is 172 Å². The number of aliphatic hydroxyl groups is 1. The molecule has 0 saturated carbocycles. The van der Waals surface area contributed by atoms with Crippen molar-refractivity contribution >= 4 is 114 Å². The van der Waals surface area contributed by atoms with Crippen molar-refractivity contribution in [3.8, 4) is 0 Å². The highest BCUT2D eigenvalue weighted by molar-refractivity contribution is 9.11. The summed E-state index contributed by atoms with van der Waals surface area (Å²) in [6.45, 7) is 18.6. The first-order chi connectivity index (χ1) is 71.2. The van der Waals surface area contributed by atoms with E-state index in [2.05, 4.69) is 244 Å². The highest BCUT2D eigenvalue weighted by Crippen LogP contribution is 2.59. The number of anilines is 5. The number of likely N-dealkylation sites (tertiary alicyclic amines) is 3. The molecule has 0 aliphatic carbocycles. The van der Waals surface area contributed by atoms with E-state index in [0.29, 0.717) is 40.4 Å². The van der Waals surface area contributed by atoms with Gasteiger partial charge in [0.15, 0.2) is 0 Å². The quantitative estimate of drug-likeness (QED) is 0.0257.